The molecule has 0 fully saturated rings. The molecule has 0 radical (unpaired) electrons. The van der Waals surface area contributed by atoms with Crippen molar-refractivity contribution in [3.05, 3.63) is 40.8 Å². The van der Waals surface area contributed by atoms with Crippen LogP contribution in [0, 0.1) is 0 Å². The third-order valence-corrected chi connectivity index (χ3v) is 3.13. The molecule has 3 rings (SSSR count). The highest BCUT2D eigenvalue weighted by Gasteiger charge is 2.15. The lowest BCUT2D eigenvalue weighted by Crippen LogP contribution is -2.25. The van der Waals surface area contributed by atoms with Crippen molar-refractivity contribution in [2.75, 3.05) is 17.2 Å². The van der Waals surface area contributed by atoms with Gasteiger partial charge in [0.2, 0.25) is 0 Å². The first-order chi connectivity index (χ1) is 9.20. The van der Waals surface area contributed by atoms with Crippen molar-refractivity contribution >= 4 is 33.2 Å². The molecule has 1 aromatic carbocycles. The molecule has 0 bridgehead atoms. The van der Waals surface area contributed by atoms with Crippen molar-refractivity contribution in [3.63, 3.8) is 0 Å². The van der Waals surface area contributed by atoms with Gasteiger partial charge in [0.05, 0.1) is 12.2 Å². The largest absolute Gasteiger partial charge is 0.482 e. The molecule has 5 nitrogen and oxygen atoms in total. The minimum absolute atomic E-state index is 0.0696. The average molecular weight is 323 g/mol. The van der Waals surface area contributed by atoms with E-state index >= 15 is 0 Å². The molecule has 19 heavy (non-hydrogen) atoms. The van der Waals surface area contributed by atoms with Crippen LogP contribution in [0.4, 0.5) is 11.4 Å². The average Bonchev–Trinajstić information content (AvgIpc) is 2.81. The van der Waals surface area contributed by atoms with Crippen LogP contribution >= 0.6 is 15.9 Å². The molecule has 2 N–H and O–H groups in total. The van der Waals surface area contributed by atoms with E-state index in [1.165, 1.54) is 0 Å². The summed E-state index contributed by atoms with van der Waals surface area (Å²) >= 11 is 3.26. The van der Waals surface area contributed by atoms with E-state index in [2.05, 4.69) is 26.6 Å². The Kier molecular flexibility index (Phi) is 3.16. The number of nitrogens with one attached hydrogen (secondary N) is 2. The fourth-order valence-corrected chi connectivity index (χ4v) is 2.17. The molecule has 0 spiro atoms. The minimum atomic E-state index is -0.139. The van der Waals surface area contributed by atoms with Crippen LogP contribution in [0.3, 0.4) is 0 Å². The number of furan rings is 1. The second kappa shape index (κ2) is 4.97. The molecule has 1 aliphatic rings. The maximum Gasteiger partial charge on any atom is 0.262 e. The summed E-state index contributed by atoms with van der Waals surface area (Å²) in [5, 5.41) is 5.99. The van der Waals surface area contributed by atoms with E-state index in [0.717, 1.165) is 11.4 Å². The first kappa shape index (κ1) is 12.1. The number of hydrogen-bond donors (Lipinski definition) is 2. The van der Waals surface area contributed by atoms with Crippen LogP contribution in [0.15, 0.2) is 39.4 Å². The van der Waals surface area contributed by atoms with Crippen molar-refractivity contribution < 1.29 is 13.9 Å². The highest BCUT2D eigenvalue weighted by Crippen LogP contribution is 2.30. The Morgan fingerprint density at radius 1 is 1.32 bits per heavy atom. The summed E-state index contributed by atoms with van der Waals surface area (Å²) in [6.45, 7) is 0.638. The molecule has 0 saturated heterocycles. The molecule has 1 aliphatic heterocycles. The Morgan fingerprint density at radius 3 is 3.00 bits per heavy atom. The van der Waals surface area contributed by atoms with Crippen molar-refractivity contribution in [3.8, 4) is 5.75 Å². The molecule has 0 unspecified atom stereocenters. The SMILES string of the molecule is O=C1COc2ccc(NCc3ccc(Br)o3)cc2N1. The zero-order valence-corrected chi connectivity index (χ0v) is 11.5. The quantitative estimate of drug-likeness (QED) is 0.911. The molecule has 0 atom stereocenters. The lowest BCUT2D eigenvalue weighted by atomic mass is 10.2. The van der Waals surface area contributed by atoms with E-state index in [4.69, 9.17) is 9.15 Å². The number of hydrogen-bond acceptors (Lipinski definition) is 4. The van der Waals surface area contributed by atoms with Crippen LogP contribution in [-0.4, -0.2) is 12.5 Å². The van der Waals surface area contributed by atoms with Crippen LogP contribution in [0.25, 0.3) is 0 Å². The topological polar surface area (TPSA) is 63.5 Å². The van der Waals surface area contributed by atoms with Gasteiger partial charge in [0, 0.05) is 5.69 Å². The van der Waals surface area contributed by atoms with Gasteiger partial charge in [-0.05, 0) is 46.3 Å². The third-order valence-electron chi connectivity index (χ3n) is 2.71. The predicted molar refractivity (Wildman–Crippen MR) is 74.3 cm³/mol. The van der Waals surface area contributed by atoms with Gasteiger partial charge >= 0.3 is 0 Å². The number of ether oxygens (including phenoxy) is 1. The van der Waals surface area contributed by atoms with E-state index in [1.54, 1.807) is 0 Å². The fraction of sp³-hybridized carbons (Fsp3) is 0.154. The predicted octanol–water partition coefficient (Wildman–Crippen LogP) is 2.99. The van der Waals surface area contributed by atoms with Gasteiger partial charge in [-0.3, -0.25) is 4.79 Å². The van der Waals surface area contributed by atoms with Gasteiger partial charge < -0.3 is 19.8 Å². The summed E-state index contributed by atoms with van der Waals surface area (Å²) in [4.78, 5) is 11.2. The van der Waals surface area contributed by atoms with Crippen LogP contribution in [0.2, 0.25) is 0 Å². The Labute approximate surface area is 118 Å². The van der Waals surface area contributed by atoms with Gasteiger partial charge in [-0.15, -0.1) is 0 Å². The zero-order valence-electron chi connectivity index (χ0n) is 9.90. The lowest BCUT2D eigenvalue weighted by Gasteiger charge is -2.18. The molecule has 2 heterocycles. The van der Waals surface area contributed by atoms with Crippen LogP contribution in [0.5, 0.6) is 5.75 Å². The Hall–Kier alpha value is -1.95. The molecular weight excluding hydrogens is 312 g/mol. The fourth-order valence-electron chi connectivity index (χ4n) is 1.83. The van der Waals surface area contributed by atoms with Crippen molar-refractivity contribution in [2.24, 2.45) is 0 Å². The van der Waals surface area contributed by atoms with Crippen molar-refractivity contribution in [1.82, 2.24) is 0 Å². The zero-order chi connectivity index (χ0) is 13.2. The first-order valence-corrected chi connectivity index (χ1v) is 6.55. The standard InChI is InChI=1S/C13H11BrN2O3/c14-12-4-2-9(19-12)6-15-8-1-3-11-10(5-8)16-13(17)7-18-11/h1-5,15H,6-7H2,(H,16,17). The summed E-state index contributed by atoms with van der Waals surface area (Å²) in [6.07, 6.45) is 0. The first-order valence-electron chi connectivity index (χ1n) is 5.75. The van der Waals surface area contributed by atoms with Crippen LogP contribution in [0.1, 0.15) is 5.76 Å². The number of carbonyl (C=O) groups is 1. The smallest absolute Gasteiger partial charge is 0.262 e. The Balaban J connectivity index is 1.71. The van der Waals surface area contributed by atoms with Gasteiger partial charge in [0.25, 0.3) is 5.91 Å². The number of carbonyl (C=O) groups excluding carboxylic acids is 1. The highest BCUT2D eigenvalue weighted by molar-refractivity contribution is 9.10. The Morgan fingerprint density at radius 2 is 2.21 bits per heavy atom. The van der Waals surface area contributed by atoms with Crippen molar-refractivity contribution in [2.45, 2.75) is 6.54 Å². The molecule has 1 amide bonds. The summed E-state index contributed by atoms with van der Waals surface area (Å²) < 4.78 is 11.4. The number of rotatable bonds is 3. The molecule has 0 aliphatic carbocycles. The summed E-state index contributed by atoms with van der Waals surface area (Å²) in [5.41, 5.74) is 1.57. The number of anilines is 2. The monoisotopic (exact) mass is 322 g/mol. The second-order valence-electron chi connectivity index (χ2n) is 4.11. The molecule has 1 aromatic heterocycles. The molecule has 6 heteroatoms. The molecular formula is C13H11BrN2O3. The maximum atomic E-state index is 11.2. The summed E-state index contributed by atoms with van der Waals surface area (Å²) in [6, 6.07) is 9.30. The number of amides is 1. The summed E-state index contributed by atoms with van der Waals surface area (Å²) in [7, 11) is 0. The van der Waals surface area contributed by atoms with E-state index in [-0.39, 0.29) is 12.5 Å². The molecule has 0 saturated carbocycles. The normalized spacial score (nSPS) is 13.4. The molecule has 98 valence electrons. The highest BCUT2D eigenvalue weighted by atomic mass is 79.9. The maximum absolute atomic E-state index is 11.2. The third kappa shape index (κ3) is 2.73. The second-order valence-corrected chi connectivity index (χ2v) is 4.89. The number of fused-ring (bicyclic) bond motifs is 1. The van der Waals surface area contributed by atoms with Gasteiger partial charge in [0.15, 0.2) is 11.3 Å². The van der Waals surface area contributed by atoms with E-state index in [1.807, 2.05) is 30.3 Å². The van der Waals surface area contributed by atoms with Gasteiger partial charge in [-0.2, -0.15) is 0 Å². The van der Waals surface area contributed by atoms with Gasteiger partial charge in [-0.25, -0.2) is 0 Å². The van der Waals surface area contributed by atoms with E-state index in [9.17, 15) is 4.79 Å². The van der Waals surface area contributed by atoms with Crippen LogP contribution < -0.4 is 15.4 Å². The minimum Gasteiger partial charge on any atom is -0.482 e. The summed E-state index contributed by atoms with van der Waals surface area (Å²) in [5.74, 6) is 1.37. The van der Waals surface area contributed by atoms with Gasteiger partial charge in [0.1, 0.15) is 11.5 Å². The number of halogens is 1. The van der Waals surface area contributed by atoms with Crippen LogP contribution in [-0.2, 0) is 11.3 Å². The number of benzene rings is 1. The van der Waals surface area contributed by atoms with Crippen molar-refractivity contribution in [1.29, 1.82) is 0 Å². The Bertz CT molecular complexity index is 624. The van der Waals surface area contributed by atoms with Gasteiger partial charge in [-0.1, -0.05) is 0 Å². The van der Waals surface area contributed by atoms with E-state index < -0.39 is 0 Å². The molecule has 2 aromatic rings. The van der Waals surface area contributed by atoms with E-state index in [0.29, 0.717) is 22.7 Å². The lowest BCUT2D eigenvalue weighted by molar-refractivity contribution is -0.118.